The topological polar surface area (TPSA) is 66.5 Å². The lowest BCUT2D eigenvalue weighted by Gasteiger charge is -2.12. The van der Waals surface area contributed by atoms with Crippen LogP contribution in [0.3, 0.4) is 0 Å². The van der Waals surface area contributed by atoms with Crippen LogP contribution in [0.25, 0.3) is 11.0 Å². The number of anilines is 1. The monoisotopic (exact) mass is 557 g/mol. The third kappa shape index (κ3) is 5.39. The normalized spacial score (nSPS) is 12.9. The summed E-state index contributed by atoms with van der Waals surface area (Å²) in [5.41, 5.74) is 4.41. The summed E-state index contributed by atoms with van der Waals surface area (Å²) in [4.78, 5) is 16.1. The van der Waals surface area contributed by atoms with E-state index >= 15 is 0 Å². The number of fused-ring (bicyclic) bond motifs is 1. The zero-order valence-corrected chi connectivity index (χ0v) is 19.7. The van der Waals surface area contributed by atoms with Crippen LogP contribution in [0.4, 0.5) is 10.2 Å². The molecule has 1 atom stereocenters. The van der Waals surface area contributed by atoms with Crippen LogP contribution in [-0.4, -0.2) is 19.9 Å². The Morgan fingerprint density at radius 3 is 2.53 bits per heavy atom. The third-order valence-corrected chi connectivity index (χ3v) is 5.31. The lowest BCUT2D eigenvalue weighted by atomic mass is 10.1. The van der Waals surface area contributed by atoms with Crippen molar-refractivity contribution < 1.29 is 4.39 Å². The SMILES string of the molecule is CC(F)(I)c1ccc(CNc2ccc(Cc3c[nH]c4ncc(Cl)cc34)cn2)cn1.Cl. The van der Waals surface area contributed by atoms with Gasteiger partial charge in [0.2, 0.25) is 0 Å². The molecule has 156 valence electrons. The van der Waals surface area contributed by atoms with Crippen molar-refractivity contribution in [3.8, 4) is 0 Å². The fourth-order valence-electron chi connectivity index (χ4n) is 3.01. The first-order chi connectivity index (χ1) is 13.9. The van der Waals surface area contributed by atoms with Gasteiger partial charge in [-0.05, 0) is 64.4 Å². The predicted molar refractivity (Wildman–Crippen MR) is 129 cm³/mol. The zero-order chi connectivity index (χ0) is 20.4. The Bertz CT molecular complexity index is 1130. The Kier molecular flexibility index (Phi) is 7.15. The highest BCUT2D eigenvalue weighted by Crippen LogP contribution is 2.31. The molecule has 0 bridgehead atoms. The molecular formula is C21H19Cl2FIN5. The molecule has 0 fully saturated rings. The standard InChI is InChI=1S/C21H18ClFIN5.ClH/c1-21(23,24)18-4-2-14(9-25-18)10-27-19-5-3-13(8-26-19)6-15-11-28-20-17(15)7-16(22)12-29-20;/h2-5,7-9,11-12H,6,10H2,1H3,(H,26,27)(H,28,29);1H. The van der Waals surface area contributed by atoms with Crippen LogP contribution in [0.1, 0.15) is 29.3 Å². The maximum absolute atomic E-state index is 13.9. The first-order valence-corrected chi connectivity index (χ1v) is 10.5. The maximum atomic E-state index is 13.9. The smallest absolute Gasteiger partial charge is 0.199 e. The van der Waals surface area contributed by atoms with Crippen molar-refractivity contribution in [2.45, 2.75) is 23.6 Å². The van der Waals surface area contributed by atoms with E-state index in [1.54, 1.807) is 41.1 Å². The fourth-order valence-corrected chi connectivity index (χ4v) is 3.49. The Morgan fingerprint density at radius 1 is 1.10 bits per heavy atom. The van der Waals surface area contributed by atoms with Crippen molar-refractivity contribution >= 4 is 63.5 Å². The van der Waals surface area contributed by atoms with Crippen molar-refractivity contribution in [1.82, 2.24) is 19.9 Å². The molecule has 0 aliphatic carbocycles. The number of rotatable bonds is 6. The molecular weight excluding hydrogens is 539 g/mol. The molecule has 0 amide bonds. The highest BCUT2D eigenvalue weighted by Gasteiger charge is 2.22. The summed E-state index contributed by atoms with van der Waals surface area (Å²) >= 11 is 7.80. The minimum atomic E-state index is -1.46. The molecule has 0 spiro atoms. The second kappa shape index (κ2) is 9.45. The van der Waals surface area contributed by atoms with Gasteiger partial charge in [-0.1, -0.05) is 23.7 Å². The van der Waals surface area contributed by atoms with Gasteiger partial charge in [0, 0.05) is 43.1 Å². The summed E-state index contributed by atoms with van der Waals surface area (Å²) < 4.78 is 12.4. The van der Waals surface area contributed by atoms with Crippen LogP contribution in [0.2, 0.25) is 5.02 Å². The number of hydrogen-bond acceptors (Lipinski definition) is 4. The first-order valence-electron chi connectivity index (χ1n) is 9.02. The quantitative estimate of drug-likeness (QED) is 0.218. The number of nitrogens with one attached hydrogen (secondary N) is 2. The molecule has 0 saturated carbocycles. The molecule has 4 aromatic heterocycles. The van der Waals surface area contributed by atoms with E-state index in [1.807, 2.05) is 36.7 Å². The Morgan fingerprint density at radius 2 is 1.87 bits per heavy atom. The number of hydrogen-bond donors (Lipinski definition) is 2. The molecule has 0 radical (unpaired) electrons. The second-order valence-corrected chi connectivity index (χ2v) is 9.35. The summed E-state index contributed by atoms with van der Waals surface area (Å²) in [5, 5.41) is 4.90. The molecule has 9 heteroatoms. The van der Waals surface area contributed by atoms with Gasteiger partial charge in [0.15, 0.2) is 3.68 Å². The van der Waals surface area contributed by atoms with Gasteiger partial charge in [0.25, 0.3) is 0 Å². The molecule has 0 saturated heterocycles. The van der Waals surface area contributed by atoms with E-state index in [0.29, 0.717) is 17.3 Å². The highest BCUT2D eigenvalue weighted by molar-refractivity contribution is 14.1. The fraction of sp³-hybridized carbons (Fsp3) is 0.190. The molecule has 2 N–H and O–H groups in total. The molecule has 0 aliphatic rings. The minimum absolute atomic E-state index is 0. The lowest BCUT2D eigenvalue weighted by Crippen LogP contribution is -2.08. The number of aromatic nitrogens is 4. The Hall–Kier alpha value is -1.97. The first kappa shape index (κ1) is 22.7. The summed E-state index contributed by atoms with van der Waals surface area (Å²) in [6, 6.07) is 9.49. The number of aromatic amines is 1. The van der Waals surface area contributed by atoms with Crippen molar-refractivity contribution in [1.29, 1.82) is 0 Å². The van der Waals surface area contributed by atoms with Gasteiger partial charge in [-0.25, -0.2) is 14.4 Å². The summed E-state index contributed by atoms with van der Waals surface area (Å²) in [6.45, 7) is 2.05. The van der Waals surface area contributed by atoms with Crippen molar-refractivity contribution in [2.75, 3.05) is 5.32 Å². The molecule has 4 heterocycles. The van der Waals surface area contributed by atoms with Crippen LogP contribution in [0.15, 0.2) is 55.1 Å². The summed E-state index contributed by atoms with van der Waals surface area (Å²) in [5.74, 6) is 0.769. The van der Waals surface area contributed by atoms with E-state index in [9.17, 15) is 4.39 Å². The van der Waals surface area contributed by atoms with Crippen molar-refractivity contribution in [3.63, 3.8) is 0 Å². The van der Waals surface area contributed by atoms with Gasteiger partial charge in [-0.3, -0.25) is 4.98 Å². The molecule has 1 unspecified atom stereocenters. The summed E-state index contributed by atoms with van der Waals surface area (Å²) in [7, 11) is 0. The van der Waals surface area contributed by atoms with E-state index in [4.69, 9.17) is 11.6 Å². The number of alkyl halides is 2. The van der Waals surface area contributed by atoms with Crippen LogP contribution in [0.5, 0.6) is 0 Å². The summed E-state index contributed by atoms with van der Waals surface area (Å²) in [6.07, 6.45) is 7.86. The van der Waals surface area contributed by atoms with Crippen LogP contribution in [-0.2, 0) is 16.6 Å². The van der Waals surface area contributed by atoms with E-state index in [2.05, 4.69) is 25.3 Å². The average Bonchev–Trinajstić information content (AvgIpc) is 3.09. The average molecular weight is 558 g/mol. The molecule has 0 aliphatic heterocycles. The van der Waals surface area contributed by atoms with Gasteiger partial charge < -0.3 is 10.3 Å². The number of pyridine rings is 3. The van der Waals surface area contributed by atoms with E-state index in [1.165, 1.54) is 6.92 Å². The van der Waals surface area contributed by atoms with Crippen molar-refractivity contribution in [2.24, 2.45) is 0 Å². The maximum Gasteiger partial charge on any atom is 0.199 e. The minimum Gasteiger partial charge on any atom is -0.366 e. The molecule has 4 rings (SSSR count). The number of halogens is 4. The van der Waals surface area contributed by atoms with Gasteiger partial charge >= 0.3 is 0 Å². The molecule has 0 aromatic carbocycles. The van der Waals surface area contributed by atoms with Gasteiger partial charge in [-0.2, -0.15) is 0 Å². The second-order valence-electron chi connectivity index (χ2n) is 6.89. The predicted octanol–water partition coefficient (Wildman–Crippen LogP) is 6.21. The lowest BCUT2D eigenvalue weighted by molar-refractivity contribution is 0.341. The number of H-pyrrole nitrogens is 1. The van der Waals surface area contributed by atoms with Crippen LogP contribution >= 0.6 is 46.6 Å². The van der Waals surface area contributed by atoms with E-state index in [0.717, 1.165) is 40.0 Å². The molecule has 30 heavy (non-hydrogen) atoms. The van der Waals surface area contributed by atoms with E-state index < -0.39 is 3.68 Å². The van der Waals surface area contributed by atoms with Crippen LogP contribution in [0, 0.1) is 0 Å². The Labute approximate surface area is 198 Å². The van der Waals surface area contributed by atoms with Crippen molar-refractivity contribution in [3.05, 3.63) is 82.5 Å². The highest BCUT2D eigenvalue weighted by atomic mass is 127. The van der Waals surface area contributed by atoms with Gasteiger partial charge in [0.1, 0.15) is 11.5 Å². The Balaban J connectivity index is 0.00000256. The largest absolute Gasteiger partial charge is 0.366 e. The van der Waals surface area contributed by atoms with Crippen LogP contribution < -0.4 is 5.32 Å². The van der Waals surface area contributed by atoms with E-state index in [-0.39, 0.29) is 12.4 Å². The van der Waals surface area contributed by atoms with Gasteiger partial charge in [-0.15, -0.1) is 12.4 Å². The molecule has 4 aromatic rings. The third-order valence-electron chi connectivity index (χ3n) is 4.55. The van der Waals surface area contributed by atoms with Gasteiger partial charge in [0.05, 0.1) is 10.7 Å². The zero-order valence-electron chi connectivity index (χ0n) is 16.0. The number of nitrogens with zero attached hydrogens (tertiary/aromatic N) is 3. The molecule has 5 nitrogen and oxygen atoms in total.